The van der Waals surface area contributed by atoms with E-state index in [1.807, 2.05) is 0 Å². The number of aromatic hydroxyl groups is 1. The standard InChI is InChI=1S/C17H16N2O6/c1-25-17(22)15(9-11-5-7-13(8-6-11)19(23)24)18-16(21)12-3-2-4-14(20)10-12/h2-8,10,15,20H,9H2,1H3,(H,18,21)/t15-/m0/s1. The minimum absolute atomic E-state index is 0.0674. The van der Waals surface area contributed by atoms with Crippen molar-refractivity contribution in [1.82, 2.24) is 5.32 Å². The summed E-state index contributed by atoms with van der Waals surface area (Å²) in [6.45, 7) is 0. The molecule has 130 valence electrons. The lowest BCUT2D eigenvalue weighted by Crippen LogP contribution is -2.43. The quantitative estimate of drug-likeness (QED) is 0.469. The monoisotopic (exact) mass is 344 g/mol. The van der Waals surface area contributed by atoms with E-state index in [-0.39, 0.29) is 23.4 Å². The molecule has 0 spiro atoms. The molecule has 2 aromatic carbocycles. The highest BCUT2D eigenvalue weighted by molar-refractivity contribution is 5.97. The largest absolute Gasteiger partial charge is 0.508 e. The number of non-ortho nitro benzene ring substituents is 1. The third-order valence-electron chi connectivity index (χ3n) is 3.49. The number of nitro groups is 1. The lowest BCUT2D eigenvalue weighted by Gasteiger charge is -2.16. The number of carbonyl (C=O) groups is 2. The number of benzene rings is 2. The zero-order valence-corrected chi connectivity index (χ0v) is 13.3. The number of nitrogens with zero attached hydrogens (tertiary/aromatic N) is 1. The van der Waals surface area contributed by atoms with E-state index in [2.05, 4.69) is 5.32 Å². The topological polar surface area (TPSA) is 119 Å². The summed E-state index contributed by atoms with van der Waals surface area (Å²) in [6.07, 6.45) is 0.106. The number of ether oxygens (including phenoxy) is 1. The molecule has 1 atom stereocenters. The number of phenols is 1. The maximum absolute atomic E-state index is 12.2. The highest BCUT2D eigenvalue weighted by Gasteiger charge is 2.23. The van der Waals surface area contributed by atoms with E-state index in [0.29, 0.717) is 5.56 Å². The van der Waals surface area contributed by atoms with Crippen LogP contribution in [0.25, 0.3) is 0 Å². The third kappa shape index (κ3) is 4.77. The van der Waals surface area contributed by atoms with Crippen molar-refractivity contribution in [1.29, 1.82) is 0 Å². The van der Waals surface area contributed by atoms with E-state index in [0.717, 1.165) is 0 Å². The van der Waals surface area contributed by atoms with Gasteiger partial charge in [-0.1, -0.05) is 18.2 Å². The molecule has 0 aliphatic heterocycles. The number of nitrogens with one attached hydrogen (secondary N) is 1. The van der Waals surface area contributed by atoms with E-state index in [4.69, 9.17) is 4.74 Å². The van der Waals surface area contributed by atoms with Gasteiger partial charge in [-0.2, -0.15) is 0 Å². The highest BCUT2D eigenvalue weighted by atomic mass is 16.6. The summed E-state index contributed by atoms with van der Waals surface area (Å²) in [5.74, 6) is -1.27. The Bertz CT molecular complexity index is 788. The van der Waals surface area contributed by atoms with Gasteiger partial charge in [0.15, 0.2) is 0 Å². The van der Waals surface area contributed by atoms with Crippen LogP contribution in [0.5, 0.6) is 5.75 Å². The second-order valence-electron chi connectivity index (χ2n) is 5.23. The van der Waals surface area contributed by atoms with Gasteiger partial charge in [-0.15, -0.1) is 0 Å². The van der Waals surface area contributed by atoms with Gasteiger partial charge in [0.25, 0.3) is 11.6 Å². The number of hydrogen-bond donors (Lipinski definition) is 2. The summed E-state index contributed by atoms with van der Waals surface area (Å²) in [4.78, 5) is 34.3. The van der Waals surface area contributed by atoms with Gasteiger partial charge in [-0.3, -0.25) is 14.9 Å². The second-order valence-corrected chi connectivity index (χ2v) is 5.23. The normalized spacial score (nSPS) is 11.4. The van der Waals surface area contributed by atoms with Crippen LogP contribution < -0.4 is 5.32 Å². The van der Waals surface area contributed by atoms with Crippen LogP contribution in [-0.4, -0.2) is 35.1 Å². The molecular formula is C17H16N2O6. The molecule has 8 heteroatoms. The Morgan fingerprint density at radius 2 is 1.92 bits per heavy atom. The minimum Gasteiger partial charge on any atom is -0.508 e. The van der Waals surface area contributed by atoms with Crippen molar-refractivity contribution in [3.05, 3.63) is 69.8 Å². The Balaban J connectivity index is 2.14. The maximum atomic E-state index is 12.2. The molecule has 0 unspecified atom stereocenters. The number of phenolic OH excluding ortho intramolecular Hbond substituents is 1. The van der Waals surface area contributed by atoms with Gasteiger partial charge in [-0.05, 0) is 23.8 Å². The molecular weight excluding hydrogens is 328 g/mol. The van der Waals surface area contributed by atoms with Crippen LogP contribution in [0.2, 0.25) is 0 Å². The van der Waals surface area contributed by atoms with Gasteiger partial charge in [0, 0.05) is 24.1 Å². The number of hydrogen-bond acceptors (Lipinski definition) is 6. The van der Waals surface area contributed by atoms with Gasteiger partial charge in [0.2, 0.25) is 0 Å². The number of nitro benzene ring substituents is 1. The summed E-state index contributed by atoms with van der Waals surface area (Å²) in [5, 5.41) is 22.6. The van der Waals surface area contributed by atoms with Crippen LogP contribution in [0, 0.1) is 10.1 Å². The number of methoxy groups -OCH3 is 1. The summed E-state index contributed by atoms with van der Waals surface area (Å²) in [6, 6.07) is 10.4. The molecule has 2 aromatic rings. The zero-order valence-electron chi connectivity index (χ0n) is 13.3. The van der Waals surface area contributed by atoms with Crippen molar-refractivity contribution in [2.24, 2.45) is 0 Å². The molecule has 0 fully saturated rings. The van der Waals surface area contributed by atoms with Crippen molar-refractivity contribution < 1.29 is 24.4 Å². The third-order valence-corrected chi connectivity index (χ3v) is 3.49. The predicted molar refractivity (Wildman–Crippen MR) is 88.2 cm³/mol. The number of rotatable bonds is 6. The first-order valence-electron chi connectivity index (χ1n) is 7.31. The molecule has 8 nitrogen and oxygen atoms in total. The van der Waals surface area contributed by atoms with Crippen LogP contribution in [0.1, 0.15) is 15.9 Å². The van der Waals surface area contributed by atoms with E-state index in [1.165, 1.54) is 55.6 Å². The van der Waals surface area contributed by atoms with Crippen molar-refractivity contribution in [2.45, 2.75) is 12.5 Å². The fraction of sp³-hybridized carbons (Fsp3) is 0.176. The Hall–Kier alpha value is -3.42. The van der Waals surface area contributed by atoms with E-state index in [1.54, 1.807) is 0 Å². The average Bonchev–Trinajstić information content (AvgIpc) is 2.60. The molecule has 0 heterocycles. The lowest BCUT2D eigenvalue weighted by atomic mass is 10.0. The van der Waals surface area contributed by atoms with Crippen LogP contribution in [-0.2, 0) is 16.0 Å². The number of amides is 1. The summed E-state index contributed by atoms with van der Waals surface area (Å²) < 4.78 is 4.70. The first kappa shape index (κ1) is 17.9. The van der Waals surface area contributed by atoms with E-state index >= 15 is 0 Å². The number of carbonyl (C=O) groups excluding carboxylic acids is 2. The molecule has 25 heavy (non-hydrogen) atoms. The summed E-state index contributed by atoms with van der Waals surface area (Å²) in [7, 11) is 1.20. The molecule has 0 aromatic heterocycles. The maximum Gasteiger partial charge on any atom is 0.328 e. The summed E-state index contributed by atoms with van der Waals surface area (Å²) in [5.41, 5.74) is 0.747. The first-order chi connectivity index (χ1) is 11.9. The Morgan fingerprint density at radius 1 is 1.24 bits per heavy atom. The predicted octanol–water partition coefficient (Wildman–Crippen LogP) is 1.81. The molecule has 0 aliphatic carbocycles. The highest BCUT2D eigenvalue weighted by Crippen LogP contribution is 2.15. The Labute approximate surface area is 143 Å². The smallest absolute Gasteiger partial charge is 0.328 e. The van der Waals surface area contributed by atoms with Crippen LogP contribution >= 0.6 is 0 Å². The molecule has 0 saturated carbocycles. The van der Waals surface area contributed by atoms with Gasteiger partial charge in [0.05, 0.1) is 12.0 Å². The number of esters is 1. The molecule has 2 rings (SSSR count). The van der Waals surface area contributed by atoms with Crippen LogP contribution in [0.3, 0.4) is 0 Å². The zero-order chi connectivity index (χ0) is 18.4. The van der Waals surface area contributed by atoms with Gasteiger partial charge in [-0.25, -0.2) is 4.79 Å². The van der Waals surface area contributed by atoms with Crippen molar-refractivity contribution in [2.75, 3.05) is 7.11 Å². The fourth-order valence-electron chi connectivity index (χ4n) is 2.21. The van der Waals surface area contributed by atoms with Crippen LogP contribution in [0.15, 0.2) is 48.5 Å². The van der Waals surface area contributed by atoms with E-state index < -0.39 is 22.8 Å². The van der Waals surface area contributed by atoms with E-state index in [9.17, 15) is 24.8 Å². The average molecular weight is 344 g/mol. The summed E-state index contributed by atoms with van der Waals surface area (Å²) >= 11 is 0. The van der Waals surface area contributed by atoms with Crippen molar-refractivity contribution in [3.63, 3.8) is 0 Å². The van der Waals surface area contributed by atoms with Crippen molar-refractivity contribution >= 4 is 17.6 Å². The molecule has 2 N–H and O–H groups in total. The fourth-order valence-corrected chi connectivity index (χ4v) is 2.21. The minimum atomic E-state index is -0.971. The van der Waals surface area contributed by atoms with Gasteiger partial charge in [0.1, 0.15) is 11.8 Å². The molecule has 0 saturated heterocycles. The van der Waals surface area contributed by atoms with Crippen molar-refractivity contribution in [3.8, 4) is 5.75 Å². The first-order valence-corrected chi connectivity index (χ1v) is 7.31. The SMILES string of the molecule is COC(=O)[C@H](Cc1ccc([N+](=O)[O-])cc1)NC(=O)c1cccc(O)c1. The molecule has 0 radical (unpaired) electrons. The van der Waals surface area contributed by atoms with Crippen LogP contribution in [0.4, 0.5) is 5.69 Å². The van der Waals surface area contributed by atoms with Gasteiger partial charge >= 0.3 is 5.97 Å². The Kier molecular flexibility index (Phi) is 5.67. The molecule has 1 amide bonds. The lowest BCUT2D eigenvalue weighted by molar-refractivity contribution is -0.384. The molecule has 0 aliphatic rings. The molecule has 0 bridgehead atoms. The second kappa shape index (κ2) is 7.91. The Morgan fingerprint density at radius 3 is 2.48 bits per heavy atom. The van der Waals surface area contributed by atoms with Gasteiger partial charge < -0.3 is 15.2 Å².